The van der Waals surface area contributed by atoms with Gasteiger partial charge >= 0.3 is 0 Å². The summed E-state index contributed by atoms with van der Waals surface area (Å²) in [4.78, 5) is 11.9. The Kier molecular flexibility index (Phi) is 2.48. The Balaban J connectivity index is 2.61. The van der Waals surface area contributed by atoms with E-state index in [0.717, 1.165) is 0 Å². The Labute approximate surface area is 89.6 Å². The van der Waals surface area contributed by atoms with Gasteiger partial charge in [-0.05, 0) is 13.0 Å². The third kappa shape index (κ3) is 1.63. The van der Waals surface area contributed by atoms with Crippen molar-refractivity contribution in [2.75, 3.05) is 13.0 Å². The Bertz CT molecular complexity index is 453. The topological polar surface area (TPSA) is 52.6 Å². The monoisotopic (exact) mass is 226 g/mol. The number of hydrogen-bond donors (Lipinski definition) is 0. The Hall–Kier alpha value is -1.36. The van der Waals surface area contributed by atoms with Gasteiger partial charge in [0.1, 0.15) is 11.5 Å². The highest BCUT2D eigenvalue weighted by Crippen LogP contribution is 2.35. The van der Waals surface area contributed by atoms with E-state index in [0.29, 0.717) is 22.0 Å². The fourth-order valence-electron chi connectivity index (χ4n) is 1.46. The van der Waals surface area contributed by atoms with Crippen molar-refractivity contribution in [1.29, 1.82) is 0 Å². The number of benzene rings is 1. The second kappa shape index (κ2) is 3.66. The van der Waals surface area contributed by atoms with Crippen LogP contribution in [0.15, 0.2) is 17.0 Å². The van der Waals surface area contributed by atoms with Crippen LogP contribution in [0.1, 0.15) is 17.3 Å². The van der Waals surface area contributed by atoms with E-state index in [2.05, 4.69) is 0 Å². The van der Waals surface area contributed by atoms with Crippen LogP contribution in [0.5, 0.6) is 11.5 Å². The SMILES string of the molecule is COc1cc2c(cc1C(C)=O)S(=O)CO2. The number of carbonyl (C=O) groups is 1. The fraction of sp³-hybridized carbons (Fsp3) is 0.300. The molecular formula is C10H10O4S. The minimum atomic E-state index is -1.16. The zero-order valence-electron chi connectivity index (χ0n) is 8.40. The molecule has 0 radical (unpaired) electrons. The molecule has 1 aliphatic heterocycles. The summed E-state index contributed by atoms with van der Waals surface area (Å²) >= 11 is 0. The zero-order valence-corrected chi connectivity index (χ0v) is 9.22. The molecule has 1 heterocycles. The molecule has 1 unspecified atom stereocenters. The predicted molar refractivity (Wildman–Crippen MR) is 54.9 cm³/mol. The largest absolute Gasteiger partial charge is 0.496 e. The van der Waals surface area contributed by atoms with Crippen molar-refractivity contribution in [3.63, 3.8) is 0 Å². The van der Waals surface area contributed by atoms with Gasteiger partial charge < -0.3 is 9.47 Å². The summed E-state index contributed by atoms with van der Waals surface area (Å²) < 4.78 is 21.7. The molecule has 0 amide bonds. The number of carbonyl (C=O) groups excluding carboxylic acids is 1. The van der Waals surface area contributed by atoms with Crippen LogP contribution in [0.25, 0.3) is 0 Å². The van der Waals surface area contributed by atoms with Crippen molar-refractivity contribution in [3.8, 4) is 11.5 Å². The van der Waals surface area contributed by atoms with Gasteiger partial charge in [0, 0.05) is 6.07 Å². The second-order valence-electron chi connectivity index (χ2n) is 3.16. The lowest BCUT2D eigenvalue weighted by Gasteiger charge is -2.07. The molecular weight excluding hydrogens is 216 g/mol. The normalized spacial score (nSPS) is 18.1. The molecule has 1 atom stereocenters. The molecule has 0 N–H and O–H groups in total. The molecule has 1 aromatic carbocycles. The molecule has 0 aromatic heterocycles. The molecule has 4 nitrogen and oxygen atoms in total. The maximum atomic E-state index is 11.5. The van der Waals surface area contributed by atoms with Gasteiger partial charge in [0.2, 0.25) is 0 Å². The van der Waals surface area contributed by atoms with Gasteiger partial charge in [-0.2, -0.15) is 0 Å². The first-order valence-corrected chi connectivity index (χ1v) is 5.69. The average Bonchev–Trinajstić information content (AvgIpc) is 2.58. The second-order valence-corrected chi connectivity index (χ2v) is 4.53. The summed E-state index contributed by atoms with van der Waals surface area (Å²) in [5.74, 6) is 1.04. The van der Waals surface area contributed by atoms with Gasteiger partial charge in [-0.25, -0.2) is 0 Å². The lowest BCUT2D eigenvalue weighted by molar-refractivity contribution is 0.101. The lowest BCUT2D eigenvalue weighted by atomic mass is 10.1. The van der Waals surface area contributed by atoms with E-state index in [-0.39, 0.29) is 11.7 Å². The maximum absolute atomic E-state index is 11.5. The van der Waals surface area contributed by atoms with Gasteiger partial charge in [0.25, 0.3) is 0 Å². The molecule has 15 heavy (non-hydrogen) atoms. The maximum Gasteiger partial charge on any atom is 0.167 e. The quantitative estimate of drug-likeness (QED) is 0.714. The first-order chi connectivity index (χ1) is 7.13. The molecule has 0 fully saturated rings. The molecule has 0 saturated carbocycles. The summed E-state index contributed by atoms with van der Waals surface area (Å²) in [5.41, 5.74) is 0.440. The van der Waals surface area contributed by atoms with Crippen LogP contribution in [0.3, 0.4) is 0 Å². The third-order valence-electron chi connectivity index (χ3n) is 2.21. The smallest absolute Gasteiger partial charge is 0.167 e. The summed E-state index contributed by atoms with van der Waals surface area (Å²) in [7, 11) is 0.321. The van der Waals surface area contributed by atoms with Crippen LogP contribution in [0, 0.1) is 0 Å². The highest BCUT2D eigenvalue weighted by Gasteiger charge is 2.23. The molecule has 0 spiro atoms. The van der Waals surface area contributed by atoms with Crippen LogP contribution in [0.4, 0.5) is 0 Å². The van der Waals surface area contributed by atoms with E-state index in [1.54, 1.807) is 12.1 Å². The van der Waals surface area contributed by atoms with Crippen LogP contribution in [-0.2, 0) is 10.8 Å². The minimum absolute atomic E-state index is 0.112. The van der Waals surface area contributed by atoms with E-state index >= 15 is 0 Å². The highest BCUT2D eigenvalue weighted by atomic mass is 32.2. The van der Waals surface area contributed by atoms with Crippen molar-refractivity contribution >= 4 is 16.6 Å². The molecule has 1 aliphatic rings. The molecule has 0 aliphatic carbocycles. The van der Waals surface area contributed by atoms with Gasteiger partial charge in [-0.15, -0.1) is 0 Å². The number of rotatable bonds is 2. The average molecular weight is 226 g/mol. The summed E-state index contributed by atoms with van der Waals surface area (Å²) in [6.07, 6.45) is 0. The highest BCUT2D eigenvalue weighted by molar-refractivity contribution is 7.85. The Morgan fingerprint density at radius 2 is 2.27 bits per heavy atom. The number of hydrogen-bond acceptors (Lipinski definition) is 4. The number of ether oxygens (including phenoxy) is 2. The molecule has 2 rings (SSSR count). The molecule has 1 aromatic rings. The third-order valence-corrected chi connectivity index (χ3v) is 3.35. The van der Waals surface area contributed by atoms with Crippen molar-refractivity contribution in [3.05, 3.63) is 17.7 Å². The number of ketones is 1. The van der Waals surface area contributed by atoms with E-state index in [1.165, 1.54) is 14.0 Å². The van der Waals surface area contributed by atoms with E-state index in [4.69, 9.17) is 9.47 Å². The molecule has 5 heteroatoms. The summed E-state index contributed by atoms with van der Waals surface area (Å²) in [6.45, 7) is 1.45. The molecule has 80 valence electrons. The summed E-state index contributed by atoms with van der Waals surface area (Å²) in [5, 5.41) is 0. The van der Waals surface area contributed by atoms with Crippen molar-refractivity contribution < 1.29 is 18.5 Å². The van der Waals surface area contributed by atoms with Crippen molar-refractivity contribution in [2.45, 2.75) is 11.8 Å². The van der Waals surface area contributed by atoms with Gasteiger partial charge in [-0.1, -0.05) is 0 Å². The first kappa shape index (κ1) is 10.2. The lowest BCUT2D eigenvalue weighted by Crippen LogP contribution is -1.98. The van der Waals surface area contributed by atoms with E-state index < -0.39 is 10.8 Å². The number of fused-ring (bicyclic) bond motifs is 1. The van der Waals surface area contributed by atoms with Gasteiger partial charge in [-0.3, -0.25) is 9.00 Å². The van der Waals surface area contributed by atoms with Gasteiger partial charge in [0.05, 0.1) is 28.4 Å². The van der Waals surface area contributed by atoms with Crippen LogP contribution in [-0.4, -0.2) is 23.0 Å². The van der Waals surface area contributed by atoms with Crippen LogP contribution in [0.2, 0.25) is 0 Å². The Morgan fingerprint density at radius 1 is 1.53 bits per heavy atom. The minimum Gasteiger partial charge on any atom is -0.496 e. The molecule has 0 bridgehead atoms. The number of methoxy groups -OCH3 is 1. The van der Waals surface area contributed by atoms with Gasteiger partial charge in [0.15, 0.2) is 11.7 Å². The van der Waals surface area contributed by atoms with Crippen molar-refractivity contribution in [1.82, 2.24) is 0 Å². The zero-order chi connectivity index (χ0) is 11.0. The van der Waals surface area contributed by atoms with E-state index in [9.17, 15) is 9.00 Å². The van der Waals surface area contributed by atoms with Crippen molar-refractivity contribution in [2.24, 2.45) is 0 Å². The van der Waals surface area contributed by atoms with Crippen LogP contribution < -0.4 is 9.47 Å². The predicted octanol–water partition coefficient (Wildman–Crippen LogP) is 1.36. The van der Waals surface area contributed by atoms with E-state index in [1.807, 2.05) is 0 Å². The standard InChI is InChI=1S/C10H10O4S/c1-6(11)7-3-10-9(4-8(7)13-2)14-5-15(10)12/h3-4H,5H2,1-2H3. The summed E-state index contributed by atoms with van der Waals surface area (Å²) in [6, 6.07) is 3.19. The fourth-order valence-corrected chi connectivity index (χ4v) is 2.41. The Morgan fingerprint density at radius 3 is 2.87 bits per heavy atom. The molecule has 0 saturated heterocycles. The number of Topliss-reactive ketones (excluding diaryl/α,β-unsaturated/α-hetero) is 1. The first-order valence-electron chi connectivity index (χ1n) is 4.37. The van der Waals surface area contributed by atoms with Crippen LogP contribution >= 0.6 is 0 Å².